The van der Waals surface area contributed by atoms with Gasteiger partial charge < -0.3 is 15.8 Å². The molecule has 1 heterocycles. The molecule has 14 heavy (non-hydrogen) atoms. The summed E-state index contributed by atoms with van der Waals surface area (Å²) in [6, 6.07) is 0. The maximum atomic E-state index is 5.28. The van der Waals surface area contributed by atoms with Crippen molar-refractivity contribution in [3.8, 4) is 0 Å². The van der Waals surface area contributed by atoms with Crippen molar-refractivity contribution in [3.63, 3.8) is 0 Å². The van der Waals surface area contributed by atoms with Crippen LogP contribution in [0.1, 0.15) is 0 Å². The van der Waals surface area contributed by atoms with E-state index in [1.807, 2.05) is 0 Å². The Labute approximate surface area is 96.6 Å². The topological polar surface area (TPSA) is 73.1 Å². The third-order valence-corrected chi connectivity index (χ3v) is 2.26. The molecule has 0 atom stereocenters. The summed E-state index contributed by atoms with van der Waals surface area (Å²) in [5, 5.41) is 3.15. The number of aromatic nitrogens is 2. The molecule has 0 bridgehead atoms. The van der Waals surface area contributed by atoms with E-state index in [2.05, 4.69) is 37.9 Å². The smallest absolute Gasteiger partial charge is 0.142 e. The third kappa shape index (κ3) is 4.16. The molecule has 0 saturated carbocycles. The Morgan fingerprint density at radius 3 is 3.07 bits per heavy atom. The van der Waals surface area contributed by atoms with Crippen molar-refractivity contribution in [2.75, 3.05) is 31.6 Å². The zero-order valence-electron chi connectivity index (χ0n) is 7.74. The summed E-state index contributed by atoms with van der Waals surface area (Å²) < 4.78 is 6.21. The van der Waals surface area contributed by atoms with Gasteiger partial charge in [-0.3, -0.25) is 0 Å². The van der Waals surface area contributed by atoms with Crippen molar-refractivity contribution in [2.24, 2.45) is 5.73 Å². The van der Waals surface area contributed by atoms with Gasteiger partial charge in [0, 0.05) is 19.3 Å². The molecule has 0 unspecified atom stereocenters. The average molecular weight is 308 g/mol. The molecule has 0 spiro atoms. The number of hydrogen-bond acceptors (Lipinski definition) is 5. The van der Waals surface area contributed by atoms with Crippen LogP contribution in [0.15, 0.2) is 12.5 Å². The van der Waals surface area contributed by atoms with Gasteiger partial charge in [0.2, 0.25) is 0 Å². The van der Waals surface area contributed by atoms with Crippen molar-refractivity contribution in [1.82, 2.24) is 9.97 Å². The molecule has 78 valence electrons. The highest BCUT2D eigenvalue weighted by Gasteiger charge is 1.98. The maximum absolute atomic E-state index is 5.28. The van der Waals surface area contributed by atoms with Crippen LogP contribution in [-0.4, -0.2) is 36.3 Å². The van der Waals surface area contributed by atoms with E-state index in [0.29, 0.717) is 19.8 Å². The Morgan fingerprint density at radius 2 is 2.36 bits per heavy atom. The number of rotatable bonds is 6. The van der Waals surface area contributed by atoms with Crippen LogP contribution in [0.2, 0.25) is 0 Å². The van der Waals surface area contributed by atoms with Gasteiger partial charge in [0.15, 0.2) is 0 Å². The van der Waals surface area contributed by atoms with Crippen LogP contribution < -0.4 is 11.1 Å². The number of halogens is 1. The first-order valence-electron chi connectivity index (χ1n) is 4.32. The van der Waals surface area contributed by atoms with Gasteiger partial charge in [-0.2, -0.15) is 0 Å². The van der Waals surface area contributed by atoms with Gasteiger partial charge in [-0.15, -0.1) is 0 Å². The first-order valence-corrected chi connectivity index (χ1v) is 5.39. The van der Waals surface area contributed by atoms with E-state index < -0.39 is 0 Å². The normalized spacial score (nSPS) is 10.1. The van der Waals surface area contributed by atoms with Crippen molar-refractivity contribution >= 4 is 28.4 Å². The van der Waals surface area contributed by atoms with Crippen LogP contribution in [0.5, 0.6) is 0 Å². The average Bonchev–Trinajstić information content (AvgIpc) is 2.20. The molecule has 6 heteroatoms. The molecule has 0 saturated heterocycles. The van der Waals surface area contributed by atoms with E-state index in [-0.39, 0.29) is 0 Å². The highest BCUT2D eigenvalue weighted by atomic mass is 127. The zero-order chi connectivity index (χ0) is 10.2. The lowest BCUT2D eigenvalue weighted by Crippen LogP contribution is -2.15. The van der Waals surface area contributed by atoms with E-state index in [4.69, 9.17) is 10.5 Å². The molecule has 0 aliphatic carbocycles. The second-order valence-corrected chi connectivity index (χ2v) is 3.71. The monoisotopic (exact) mass is 308 g/mol. The van der Waals surface area contributed by atoms with E-state index in [1.54, 1.807) is 6.20 Å². The summed E-state index contributed by atoms with van der Waals surface area (Å²) in [5.41, 5.74) is 5.28. The number of ether oxygens (including phenoxy) is 1. The minimum Gasteiger partial charge on any atom is -0.378 e. The minimum atomic E-state index is 0.561. The molecule has 1 aromatic rings. The van der Waals surface area contributed by atoms with Gasteiger partial charge in [0.05, 0.1) is 16.8 Å². The van der Waals surface area contributed by atoms with Gasteiger partial charge in [-0.1, -0.05) is 0 Å². The lowest BCUT2D eigenvalue weighted by molar-refractivity contribution is 0.151. The number of hydrogen-bond donors (Lipinski definition) is 2. The molecule has 0 amide bonds. The predicted octanol–water partition coefficient (Wildman–Crippen LogP) is 0.468. The summed E-state index contributed by atoms with van der Waals surface area (Å²) in [6.45, 7) is 2.53. The van der Waals surface area contributed by atoms with E-state index in [9.17, 15) is 0 Å². The Kier molecular flexibility index (Phi) is 5.72. The predicted molar refractivity (Wildman–Crippen MR) is 63.1 cm³/mol. The molecular formula is C8H13IN4O. The minimum absolute atomic E-state index is 0.561. The van der Waals surface area contributed by atoms with Crippen LogP contribution in [0.3, 0.4) is 0 Å². The summed E-state index contributed by atoms with van der Waals surface area (Å²) in [4.78, 5) is 7.98. The van der Waals surface area contributed by atoms with Crippen LogP contribution in [0.4, 0.5) is 5.82 Å². The van der Waals surface area contributed by atoms with E-state index in [0.717, 1.165) is 15.9 Å². The van der Waals surface area contributed by atoms with Gasteiger partial charge in [-0.25, -0.2) is 9.97 Å². The molecular weight excluding hydrogens is 295 g/mol. The van der Waals surface area contributed by atoms with E-state index >= 15 is 0 Å². The van der Waals surface area contributed by atoms with Gasteiger partial charge in [0.1, 0.15) is 12.1 Å². The highest BCUT2D eigenvalue weighted by molar-refractivity contribution is 14.1. The first kappa shape index (κ1) is 11.6. The molecule has 5 nitrogen and oxygen atoms in total. The van der Waals surface area contributed by atoms with Crippen LogP contribution in [-0.2, 0) is 4.74 Å². The van der Waals surface area contributed by atoms with E-state index in [1.165, 1.54) is 6.33 Å². The van der Waals surface area contributed by atoms with Gasteiger partial charge in [0.25, 0.3) is 0 Å². The SMILES string of the molecule is NCCOCCNc1ncncc1I. The van der Waals surface area contributed by atoms with Crippen LogP contribution in [0, 0.1) is 3.57 Å². The maximum Gasteiger partial charge on any atom is 0.142 e. The molecule has 1 rings (SSSR count). The Bertz CT molecular complexity index is 271. The molecule has 0 radical (unpaired) electrons. The lowest BCUT2D eigenvalue weighted by Gasteiger charge is -2.06. The van der Waals surface area contributed by atoms with Crippen LogP contribution >= 0.6 is 22.6 Å². The zero-order valence-corrected chi connectivity index (χ0v) is 9.90. The summed E-state index contributed by atoms with van der Waals surface area (Å²) in [5.74, 6) is 0.844. The fourth-order valence-corrected chi connectivity index (χ4v) is 1.36. The van der Waals surface area contributed by atoms with Gasteiger partial charge >= 0.3 is 0 Å². The largest absolute Gasteiger partial charge is 0.378 e. The second-order valence-electron chi connectivity index (χ2n) is 2.55. The highest BCUT2D eigenvalue weighted by Crippen LogP contribution is 2.11. The Balaban J connectivity index is 2.21. The number of anilines is 1. The number of nitrogens with two attached hydrogens (primary N) is 1. The van der Waals surface area contributed by atoms with Gasteiger partial charge in [-0.05, 0) is 22.6 Å². The summed E-state index contributed by atoms with van der Waals surface area (Å²) in [7, 11) is 0. The van der Waals surface area contributed by atoms with Crippen molar-refractivity contribution < 1.29 is 4.74 Å². The quantitative estimate of drug-likeness (QED) is 0.590. The molecule has 0 aromatic carbocycles. The lowest BCUT2D eigenvalue weighted by atomic mass is 10.5. The van der Waals surface area contributed by atoms with Crippen molar-refractivity contribution in [2.45, 2.75) is 0 Å². The number of nitrogens with one attached hydrogen (secondary N) is 1. The molecule has 0 aliphatic rings. The molecule has 1 aromatic heterocycles. The Hall–Kier alpha value is -0.470. The van der Waals surface area contributed by atoms with Crippen LogP contribution in [0.25, 0.3) is 0 Å². The number of nitrogens with zero attached hydrogens (tertiary/aromatic N) is 2. The first-order chi connectivity index (χ1) is 6.84. The standard InChI is InChI=1S/C8H13IN4O/c9-7-5-11-6-13-8(7)12-2-4-14-3-1-10/h5-6H,1-4,10H2,(H,11,12,13). The molecule has 3 N–H and O–H groups in total. The molecule has 0 fully saturated rings. The fraction of sp³-hybridized carbons (Fsp3) is 0.500. The fourth-order valence-electron chi connectivity index (χ4n) is 0.870. The summed E-state index contributed by atoms with van der Waals surface area (Å²) in [6.07, 6.45) is 3.28. The Morgan fingerprint density at radius 1 is 1.50 bits per heavy atom. The summed E-state index contributed by atoms with van der Waals surface area (Å²) >= 11 is 2.18. The third-order valence-electron chi connectivity index (χ3n) is 1.47. The second kappa shape index (κ2) is 6.91. The van der Waals surface area contributed by atoms with Crippen molar-refractivity contribution in [1.29, 1.82) is 0 Å². The molecule has 0 aliphatic heterocycles. The van der Waals surface area contributed by atoms with Crippen molar-refractivity contribution in [3.05, 3.63) is 16.1 Å².